The minimum atomic E-state index is -0.777. The highest BCUT2D eigenvalue weighted by atomic mass is 35.5. The normalized spacial score (nSPS) is 11.4. The molecule has 2 rings (SSSR count). The number of nitrogens with one attached hydrogen (secondary N) is 2. The number of carbonyl (C=O) groups is 3. The molecule has 3 amide bonds. The number of hydrogen-bond acceptors (Lipinski definition) is 4. The minimum Gasteiger partial charge on any atom is -0.455 e. The fourth-order valence-corrected chi connectivity index (χ4v) is 2.68. The lowest BCUT2D eigenvalue weighted by Gasteiger charge is -2.17. The Labute approximate surface area is 168 Å². The average molecular weight is 404 g/mol. The van der Waals surface area contributed by atoms with Crippen LogP contribution in [0.4, 0.5) is 10.5 Å². The number of esters is 1. The van der Waals surface area contributed by atoms with Crippen molar-refractivity contribution in [3.8, 4) is 0 Å². The predicted octanol–water partition coefficient (Wildman–Crippen LogP) is 3.18. The van der Waals surface area contributed by atoms with E-state index in [-0.39, 0.29) is 6.42 Å². The third-order valence-electron chi connectivity index (χ3n) is 3.94. The molecule has 7 nitrogen and oxygen atoms in total. The molecule has 148 valence electrons. The van der Waals surface area contributed by atoms with E-state index in [1.54, 1.807) is 30.3 Å². The zero-order chi connectivity index (χ0) is 20.5. The van der Waals surface area contributed by atoms with Gasteiger partial charge in [-0.15, -0.1) is 0 Å². The summed E-state index contributed by atoms with van der Waals surface area (Å²) in [5.74, 6) is -1.10. The highest BCUT2D eigenvalue weighted by Gasteiger charge is 2.19. The van der Waals surface area contributed by atoms with Crippen LogP contribution in [0.1, 0.15) is 30.5 Å². The molecule has 0 saturated carbocycles. The van der Waals surface area contributed by atoms with Crippen LogP contribution in [0, 0.1) is 0 Å². The molecular formula is C20H22ClN3O4. The first kappa shape index (κ1) is 21.2. The van der Waals surface area contributed by atoms with Gasteiger partial charge in [-0.3, -0.25) is 9.59 Å². The summed E-state index contributed by atoms with van der Waals surface area (Å²) < 4.78 is 5.02. The number of urea groups is 1. The Morgan fingerprint density at radius 3 is 2.50 bits per heavy atom. The Balaban J connectivity index is 1.90. The molecule has 8 heteroatoms. The molecule has 0 radical (unpaired) electrons. The molecule has 2 aromatic carbocycles. The number of rotatable bonds is 8. The molecular weight excluding hydrogens is 382 g/mol. The zero-order valence-electron chi connectivity index (χ0n) is 15.4. The molecule has 0 heterocycles. The standard InChI is InChI=1S/C20H22ClN3O4/c1-2-13-4-3-5-16(10-13)23-18(25)12-28-19(26)11-17(24-20(22)27)14-6-8-15(21)9-7-14/h3-10,17H,2,11-12H2,1H3,(H,23,25)(H3,22,24,27)/t17-/m1/s1. The number of aryl methyl sites for hydroxylation is 1. The lowest BCUT2D eigenvalue weighted by atomic mass is 10.0. The van der Waals surface area contributed by atoms with Gasteiger partial charge < -0.3 is 21.1 Å². The third kappa shape index (κ3) is 6.92. The number of carbonyl (C=O) groups excluding carboxylic acids is 3. The predicted molar refractivity (Wildman–Crippen MR) is 107 cm³/mol. The summed E-state index contributed by atoms with van der Waals surface area (Å²) in [6.07, 6.45) is 0.667. The van der Waals surface area contributed by atoms with Crippen LogP contribution in [-0.4, -0.2) is 24.5 Å². The topological polar surface area (TPSA) is 111 Å². The van der Waals surface area contributed by atoms with E-state index >= 15 is 0 Å². The van der Waals surface area contributed by atoms with Crippen molar-refractivity contribution in [1.29, 1.82) is 0 Å². The lowest BCUT2D eigenvalue weighted by molar-refractivity contribution is -0.147. The van der Waals surface area contributed by atoms with Crippen LogP contribution < -0.4 is 16.4 Å². The summed E-state index contributed by atoms with van der Waals surface area (Å²) in [6, 6.07) is 12.6. The molecule has 0 spiro atoms. The molecule has 28 heavy (non-hydrogen) atoms. The first-order valence-corrected chi connectivity index (χ1v) is 9.11. The first-order valence-electron chi connectivity index (χ1n) is 8.73. The Morgan fingerprint density at radius 2 is 1.86 bits per heavy atom. The van der Waals surface area contributed by atoms with Crippen molar-refractivity contribution in [2.75, 3.05) is 11.9 Å². The summed E-state index contributed by atoms with van der Waals surface area (Å²) >= 11 is 5.85. The van der Waals surface area contributed by atoms with Crippen LogP contribution in [0.2, 0.25) is 5.02 Å². The van der Waals surface area contributed by atoms with E-state index in [9.17, 15) is 14.4 Å². The molecule has 0 aliphatic heterocycles. The number of primary amides is 1. The van der Waals surface area contributed by atoms with Gasteiger partial charge in [-0.05, 0) is 41.8 Å². The molecule has 0 aromatic heterocycles. The Morgan fingerprint density at radius 1 is 1.14 bits per heavy atom. The van der Waals surface area contributed by atoms with Crippen LogP contribution in [-0.2, 0) is 20.7 Å². The second-order valence-electron chi connectivity index (χ2n) is 6.08. The fourth-order valence-electron chi connectivity index (χ4n) is 2.56. The molecule has 2 aromatic rings. The molecule has 4 N–H and O–H groups in total. The van der Waals surface area contributed by atoms with E-state index in [0.717, 1.165) is 12.0 Å². The molecule has 1 atom stereocenters. The van der Waals surface area contributed by atoms with Gasteiger partial charge in [-0.25, -0.2) is 4.79 Å². The second kappa shape index (κ2) is 10.3. The molecule has 0 bridgehead atoms. The Hall–Kier alpha value is -3.06. The van der Waals surface area contributed by atoms with Gasteiger partial charge in [0.05, 0.1) is 12.5 Å². The van der Waals surface area contributed by atoms with Gasteiger partial charge >= 0.3 is 12.0 Å². The van der Waals surface area contributed by atoms with E-state index in [1.807, 2.05) is 25.1 Å². The number of anilines is 1. The third-order valence-corrected chi connectivity index (χ3v) is 4.19. The van der Waals surface area contributed by atoms with E-state index in [1.165, 1.54) is 0 Å². The molecule has 0 saturated heterocycles. The summed E-state index contributed by atoms with van der Waals surface area (Å²) in [6.45, 7) is 1.58. The van der Waals surface area contributed by atoms with Crippen molar-refractivity contribution in [2.24, 2.45) is 5.73 Å². The smallest absolute Gasteiger partial charge is 0.312 e. The molecule has 0 fully saturated rings. The van der Waals surface area contributed by atoms with E-state index < -0.39 is 30.6 Å². The summed E-state index contributed by atoms with van der Waals surface area (Å²) in [4.78, 5) is 35.3. The number of amides is 3. The molecule has 0 aliphatic carbocycles. The van der Waals surface area contributed by atoms with E-state index in [4.69, 9.17) is 22.1 Å². The average Bonchev–Trinajstić information content (AvgIpc) is 2.66. The van der Waals surface area contributed by atoms with E-state index in [0.29, 0.717) is 16.3 Å². The van der Waals surface area contributed by atoms with Gasteiger partial charge in [0.2, 0.25) is 0 Å². The van der Waals surface area contributed by atoms with Gasteiger partial charge in [0.1, 0.15) is 0 Å². The maximum absolute atomic E-state index is 12.1. The Kier molecular flexibility index (Phi) is 7.83. The summed E-state index contributed by atoms with van der Waals surface area (Å²) in [7, 11) is 0. The van der Waals surface area contributed by atoms with Crippen molar-refractivity contribution in [2.45, 2.75) is 25.8 Å². The monoisotopic (exact) mass is 403 g/mol. The SMILES string of the molecule is CCc1cccc(NC(=O)COC(=O)C[C@@H](NC(N)=O)c2ccc(Cl)cc2)c1. The quantitative estimate of drug-likeness (QED) is 0.588. The number of ether oxygens (including phenoxy) is 1. The minimum absolute atomic E-state index is 0.177. The van der Waals surface area contributed by atoms with Crippen LogP contribution in [0.5, 0.6) is 0 Å². The molecule has 0 unspecified atom stereocenters. The Bertz CT molecular complexity index is 840. The summed E-state index contributed by atoms with van der Waals surface area (Å²) in [5, 5.41) is 5.68. The highest BCUT2D eigenvalue weighted by molar-refractivity contribution is 6.30. The van der Waals surface area contributed by atoms with Crippen molar-refractivity contribution in [3.63, 3.8) is 0 Å². The number of halogens is 1. The highest BCUT2D eigenvalue weighted by Crippen LogP contribution is 2.20. The van der Waals surface area contributed by atoms with Gasteiger partial charge in [-0.1, -0.05) is 42.8 Å². The van der Waals surface area contributed by atoms with Gasteiger partial charge in [0, 0.05) is 10.7 Å². The maximum Gasteiger partial charge on any atom is 0.312 e. The van der Waals surface area contributed by atoms with Crippen molar-refractivity contribution >= 4 is 35.2 Å². The number of nitrogens with two attached hydrogens (primary N) is 1. The van der Waals surface area contributed by atoms with Crippen LogP contribution >= 0.6 is 11.6 Å². The van der Waals surface area contributed by atoms with Crippen LogP contribution in [0.15, 0.2) is 48.5 Å². The van der Waals surface area contributed by atoms with Gasteiger partial charge in [0.15, 0.2) is 6.61 Å². The fraction of sp³-hybridized carbons (Fsp3) is 0.250. The molecule has 0 aliphatic rings. The van der Waals surface area contributed by atoms with Crippen molar-refractivity contribution < 1.29 is 19.1 Å². The second-order valence-corrected chi connectivity index (χ2v) is 6.52. The number of benzene rings is 2. The lowest BCUT2D eigenvalue weighted by Crippen LogP contribution is -2.35. The maximum atomic E-state index is 12.1. The van der Waals surface area contributed by atoms with Gasteiger partial charge in [0.25, 0.3) is 5.91 Å². The van der Waals surface area contributed by atoms with Crippen molar-refractivity contribution in [1.82, 2.24) is 5.32 Å². The first-order chi connectivity index (χ1) is 13.4. The largest absolute Gasteiger partial charge is 0.455 e. The zero-order valence-corrected chi connectivity index (χ0v) is 16.2. The van der Waals surface area contributed by atoms with Gasteiger partial charge in [-0.2, -0.15) is 0 Å². The summed E-state index contributed by atoms with van der Waals surface area (Å²) in [5.41, 5.74) is 7.53. The van der Waals surface area contributed by atoms with Crippen LogP contribution in [0.3, 0.4) is 0 Å². The number of hydrogen-bond donors (Lipinski definition) is 3. The van der Waals surface area contributed by atoms with Crippen molar-refractivity contribution in [3.05, 3.63) is 64.7 Å². The van der Waals surface area contributed by atoms with E-state index in [2.05, 4.69) is 10.6 Å². The van der Waals surface area contributed by atoms with Crippen LogP contribution in [0.25, 0.3) is 0 Å².